The van der Waals surface area contributed by atoms with Crippen molar-refractivity contribution in [1.82, 2.24) is 10.6 Å². The van der Waals surface area contributed by atoms with Gasteiger partial charge >= 0.3 is 0 Å². The molecule has 24 heavy (non-hydrogen) atoms. The first kappa shape index (κ1) is 18.0. The summed E-state index contributed by atoms with van der Waals surface area (Å²) in [4.78, 5) is 4.70. The van der Waals surface area contributed by atoms with Gasteiger partial charge in [-0.1, -0.05) is 60.7 Å². The van der Waals surface area contributed by atoms with Gasteiger partial charge in [-0.25, -0.2) is 0 Å². The van der Waals surface area contributed by atoms with Crippen LogP contribution in [0.25, 0.3) is 0 Å². The van der Waals surface area contributed by atoms with Crippen molar-refractivity contribution in [3.63, 3.8) is 0 Å². The van der Waals surface area contributed by atoms with Crippen LogP contribution in [0.2, 0.25) is 0 Å². The maximum Gasteiger partial charge on any atom is 0.191 e. The number of rotatable bonds is 7. The van der Waals surface area contributed by atoms with E-state index in [2.05, 4.69) is 48.7 Å². The number of guanidine groups is 1. The fraction of sp³-hybridized carbons (Fsp3) is 0.350. The molecule has 128 valence electrons. The van der Waals surface area contributed by atoms with Crippen molar-refractivity contribution < 1.29 is 4.74 Å². The van der Waals surface area contributed by atoms with E-state index in [0.29, 0.717) is 6.54 Å². The molecule has 4 heteroatoms. The largest absolute Gasteiger partial charge is 0.375 e. The quantitative estimate of drug-likeness (QED) is 0.603. The van der Waals surface area contributed by atoms with Crippen LogP contribution < -0.4 is 10.6 Å². The van der Waals surface area contributed by atoms with Gasteiger partial charge in [-0.3, -0.25) is 4.99 Å². The highest BCUT2D eigenvalue weighted by Gasteiger charge is 2.11. The summed E-state index contributed by atoms with van der Waals surface area (Å²) in [6.07, 6.45) is -0.0475. The molecule has 2 aromatic rings. The van der Waals surface area contributed by atoms with E-state index in [1.54, 1.807) is 7.11 Å². The molecular formula is C20H27N3O. The minimum atomic E-state index is -0.0475. The molecule has 2 atom stereocenters. The standard InChI is InChI=1S/C20H27N3O/c1-4-21-20(23-16(2)17-11-7-5-8-12-17)22-15-19(24-3)18-13-9-6-10-14-18/h5-14,16,19H,4,15H2,1-3H3,(H2,21,22,23). The van der Waals surface area contributed by atoms with Gasteiger partial charge in [0.1, 0.15) is 6.10 Å². The maximum atomic E-state index is 5.59. The Morgan fingerprint density at radius 3 is 2.12 bits per heavy atom. The van der Waals surface area contributed by atoms with Crippen molar-refractivity contribution in [3.05, 3.63) is 71.8 Å². The molecule has 0 spiro atoms. The lowest BCUT2D eigenvalue weighted by atomic mass is 10.1. The smallest absolute Gasteiger partial charge is 0.191 e. The van der Waals surface area contributed by atoms with Crippen LogP contribution in [0.3, 0.4) is 0 Å². The second-order valence-electron chi connectivity index (χ2n) is 5.63. The molecular weight excluding hydrogens is 298 g/mol. The highest BCUT2D eigenvalue weighted by molar-refractivity contribution is 5.80. The molecule has 0 aliphatic heterocycles. The Labute approximate surface area is 145 Å². The van der Waals surface area contributed by atoms with Gasteiger partial charge in [-0.05, 0) is 25.0 Å². The minimum Gasteiger partial charge on any atom is -0.375 e. The molecule has 2 rings (SSSR count). The summed E-state index contributed by atoms with van der Waals surface area (Å²) < 4.78 is 5.59. The Hall–Kier alpha value is -2.33. The van der Waals surface area contributed by atoms with Gasteiger partial charge in [0.15, 0.2) is 5.96 Å². The number of nitrogens with zero attached hydrogens (tertiary/aromatic N) is 1. The molecule has 2 unspecified atom stereocenters. The molecule has 2 N–H and O–H groups in total. The Kier molecular flexibility index (Phi) is 7.30. The van der Waals surface area contributed by atoms with Crippen LogP contribution in [0.15, 0.2) is 65.7 Å². The summed E-state index contributed by atoms with van der Waals surface area (Å²) in [5.74, 6) is 0.798. The molecule has 0 saturated heterocycles. The van der Waals surface area contributed by atoms with Crippen LogP contribution in [-0.2, 0) is 4.74 Å². The SMILES string of the molecule is CCNC(=NCC(OC)c1ccccc1)NC(C)c1ccccc1. The van der Waals surface area contributed by atoms with E-state index in [0.717, 1.165) is 18.1 Å². The molecule has 4 nitrogen and oxygen atoms in total. The van der Waals surface area contributed by atoms with E-state index < -0.39 is 0 Å². The van der Waals surface area contributed by atoms with Crippen molar-refractivity contribution in [1.29, 1.82) is 0 Å². The number of hydrogen-bond acceptors (Lipinski definition) is 2. The second-order valence-corrected chi connectivity index (χ2v) is 5.63. The van der Waals surface area contributed by atoms with E-state index in [1.165, 1.54) is 5.56 Å². The van der Waals surface area contributed by atoms with Crippen molar-refractivity contribution in [2.24, 2.45) is 4.99 Å². The molecule has 0 amide bonds. The number of methoxy groups -OCH3 is 1. The second kappa shape index (κ2) is 9.73. The number of aliphatic imine (C=N–C) groups is 1. The molecule has 2 aromatic carbocycles. The van der Waals surface area contributed by atoms with Gasteiger partial charge < -0.3 is 15.4 Å². The zero-order valence-corrected chi connectivity index (χ0v) is 14.7. The topological polar surface area (TPSA) is 45.7 Å². The Bertz CT molecular complexity index is 613. The third-order valence-electron chi connectivity index (χ3n) is 3.87. The van der Waals surface area contributed by atoms with Gasteiger partial charge in [0.05, 0.1) is 12.6 Å². The molecule has 0 fully saturated rings. The monoisotopic (exact) mass is 325 g/mol. The highest BCUT2D eigenvalue weighted by Crippen LogP contribution is 2.16. The van der Waals surface area contributed by atoms with Crippen LogP contribution in [0.5, 0.6) is 0 Å². The number of ether oxygens (including phenoxy) is 1. The van der Waals surface area contributed by atoms with Crippen molar-refractivity contribution >= 4 is 5.96 Å². The van der Waals surface area contributed by atoms with Crippen molar-refractivity contribution in [2.75, 3.05) is 20.2 Å². The lowest BCUT2D eigenvalue weighted by Crippen LogP contribution is -2.39. The average Bonchev–Trinajstić information content (AvgIpc) is 2.64. The third-order valence-corrected chi connectivity index (χ3v) is 3.87. The van der Waals surface area contributed by atoms with Crippen LogP contribution in [0, 0.1) is 0 Å². The first-order valence-electron chi connectivity index (χ1n) is 8.42. The molecule has 0 aliphatic carbocycles. The van der Waals surface area contributed by atoms with Crippen molar-refractivity contribution in [2.45, 2.75) is 26.0 Å². The average molecular weight is 325 g/mol. The highest BCUT2D eigenvalue weighted by atomic mass is 16.5. The molecule has 0 aliphatic rings. The zero-order chi connectivity index (χ0) is 17.2. The van der Waals surface area contributed by atoms with Gasteiger partial charge in [0.2, 0.25) is 0 Å². The van der Waals surface area contributed by atoms with Crippen molar-refractivity contribution in [3.8, 4) is 0 Å². The van der Waals surface area contributed by atoms with Crippen LogP contribution in [0.4, 0.5) is 0 Å². The van der Waals surface area contributed by atoms with E-state index in [4.69, 9.17) is 9.73 Å². The predicted molar refractivity (Wildman–Crippen MR) is 100 cm³/mol. The number of hydrogen-bond donors (Lipinski definition) is 2. The molecule has 0 saturated carbocycles. The summed E-state index contributed by atoms with van der Waals surface area (Å²) in [7, 11) is 1.72. The van der Waals surface area contributed by atoms with Gasteiger partial charge in [-0.15, -0.1) is 0 Å². The number of benzene rings is 2. The van der Waals surface area contributed by atoms with Crippen LogP contribution >= 0.6 is 0 Å². The fourth-order valence-electron chi connectivity index (χ4n) is 2.51. The lowest BCUT2D eigenvalue weighted by Gasteiger charge is -2.19. The summed E-state index contributed by atoms with van der Waals surface area (Å²) in [6, 6.07) is 20.7. The lowest BCUT2D eigenvalue weighted by molar-refractivity contribution is 0.111. The molecule has 0 bridgehead atoms. The molecule has 0 radical (unpaired) electrons. The Morgan fingerprint density at radius 2 is 1.58 bits per heavy atom. The zero-order valence-electron chi connectivity index (χ0n) is 14.7. The summed E-state index contributed by atoms with van der Waals surface area (Å²) in [6.45, 7) is 5.58. The van der Waals surface area contributed by atoms with E-state index in [1.807, 2.05) is 36.4 Å². The summed E-state index contributed by atoms with van der Waals surface area (Å²) in [5.41, 5.74) is 2.37. The van der Waals surface area contributed by atoms with E-state index in [9.17, 15) is 0 Å². The summed E-state index contributed by atoms with van der Waals surface area (Å²) in [5, 5.41) is 6.75. The Balaban J connectivity index is 2.04. The van der Waals surface area contributed by atoms with Gasteiger partial charge in [0, 0.05) is 13.7 Å². The van der Waals surface area contributed by atoms with Crippen LogP contribution in [0.1, 0.15) is 37.1 Å². The third kappa shape index (κ3) is 5.39. The summed E-state index contributed by atoms with van der Waals surface area (Å²) >= 11 is 0. The first-order chi connectivity index (χ1) is 11.7. The maximum absolute atomic E-state index is 5.59. The van der Waals surface area contributed by atoms with E-state index in [-0.39, 0.29) is 12.1 Å². The Morgan fingerprint density at radius 1 is 1.00 bits per heavy atom. The fourth-order valence-corrected chi connectivity index (χ4v) is 2.51. The van der Waals surface area contributed by atoms with Gasteiger partial charge in [-0.2, -0.15) is 0 Å². The van der Waals surface area contributed by atoms with E-state index >= 15 is 0 Å². The van der Waals surface area contributed by atoms with Crippen LogP contribution in [-0.4, -0.2) is 26.2 Å². The normalized spacial score (nSPS) is 14.0. The van der Waals surface area contributed by atoms with Gasteiger partial charge in [0.25, 0.3) is 0 Å². The minimum absolute atomic E-state index is 0.0475. The molecule has 0 aromatic heterocycles. The predicted octanol–water partition coefficient (Wildman–Crippen LogP) is 3.69. The molecule has 0 heterocycles. The first-order valence-corrected chi connectivity index (χ1v) is 8.42. The number of nitrogens with one attached hydrogen (secondary N) is 2.